The predicted octanol–water partition coefficient (Wildman–Crippen LogP) is 2.01. The fourth-order valence-corrected chi connectivity index (χ4v) is 3.57. The van der Waals surface area contributed by atoms with Gasteiger partial charge in [0.25, 0.3) is 0 Å². The summed E-state index contributed by atoms with van der Waals surface area (Å²) >= 11 is 0. The number of nitrogens with zero attached hydrogens (tertiary/aromatic N) is 1. The number of rotatable bonds is 2. The van der Waals surface area contributed by atoms with Crippen molar-refractivity contribution in [1.82, 2.24) is 4.90 Å². The van der Waals surface area contributed by atoms with Crippen LogP contribution in [0.2, 0.25) is 0 Å². The maximum absolute atomic E-state index is 12.3. The number of carbonyl (C=O) groups excluding carboxylic acids is 1. The van der Waals surface area contributed by atoms with Crippen molar-refractivity contribution in [2.45, 2.75) is 52.0 Å². The topological polar surface area (TPSA) is 46.3 Å². The molecule has 0 aromatic carbocycles. The Kier molecular flexibility index (Phi) is 4.08. The Balaban J connectivity index is 2.09. The van der Waals surface area contributed by atoms with E-state index >= 15 is 0 Å². The Morgan fingerprint density at radius 2 is 2.06 bits per heavy atom. The van der Waals surface area contributed by atoms with Crippen LogP contribution in [0.3, 0.4) is 0 Å². The molecule has 4 atom stereocenters. The third-order valence-electron chi connectivity index (χ3n) is 4.80. The van der Waals surface area contributed by atoms with Crippen LogP contribution in [0.15, 0.2) is 0 Å². The van der Waals surface area contributed by atoms with E-state index in [1.807, 2.05) is 6.92 Å². The summed E-state index contributed by atoms with van der Waals surface area (Å²) < 4.78 is 0. The van der Waals surface area contributed by atoms with E-state index in [2.05, 4.69) is 11.8 Å². The van der Waals surface area contributed by atoms with Crippen molar-refractivity contribution in [3.05, 3.63) is 0 Å². The summed E-state index contributed by atoms with van der Waals surface area (Å²) in [5.74, 6) is 1.81. The van der Waals surface area contributed by atoms with Gasteiger partial charge in [-0.3, -0.25) is 4.79 Å². The van der Waals surface area contributed by atoms with E-state index in [9.17, 15) is 4.79 Å². The van der Waals surface area contributed by atoms with Crippen molar-refractivity contribution in [2.24, 2.45) is 23.5 Å². The zero-order chi connectivity index (χ0) is 12.4. The SMILES string of the molecule is CC(CN)C(=O)N1CCC(C)C2CCCCC21. The minimum atomic E-state index is -0.00835. The lowest BCUT2D eigenvalue weighted by Crippen LogP contribution is -2.54. The first-order valence-corrected chi connectivity index (χ1v) is 7.15. The van der Waals surface area contributed by atoms with Crippen LogP contribution in [0, 0.1) is 17.8 Å². The summed E-state index contributed by atoms with van der Waals surface area (Å²) in [4.78, 5) is 14.5. The maximum atomic E-state index is 12.3. The van der Waals surface area contributed by atoms with Gasteiger partial charge in [-0.15, -0.1) is 0 Å². The maximum Gasteiger partial charge on any atom is 0.226 e. The van der Waals surface area contributed by atoms with Crippen LogP contribution in [-0.4, -0.2) is 29.9 Å². The highest BCUT2D eigenvalue weighted by atomic mass is 16.2. The zero-order valence-corrected chi connectivity index (χ0v) is 11.2. The summed E-state index contributed by atoms with van der Waals surface area (Å²) in [5, 5.41) is 0. The van der Waals surface area contributed by atoms with Crippen LogP contribution in [0.25, 0.3) is 0 Å². The van der Waals surface area contributed by atoms with Crippen LogP contribution >= 0.6 is 0 Å². The Morgan fingerprint density at radius 3 is 2.76 bits per heavy atom. The van der Waals surface area contributed by atoms with Gasteiger partial charge in [0, 0.05) is 25.0 Å². The fourth-order valence-electron chi connectivity index (χ4n) is 3.57. The monoisotopic (exact) mass is 238 g/mol. The number of fused-ring (bicyclic) bond motifs is 1. The summed E-state index contributed by atoms with van der Waals surface area (Å²) in [6, 6.07) is 0.508. The van der Waals surface area contributed by atoms with Crippen molar-refractivity contribution >= 4 is 5.91 Å². The van der Waals surface area contributed by atoms with Gasteiger partial charge >= 0.3 is 0 Å². The first-order chi connectivity index (χ1) is 8.15. The van der Waals surface area contributed by atoms with E-state index < -0.39 is 0 Å². The number of piperidine rings is 1. The minimum absolute atomic E-state index is 0.00835. The number of likely N-dealkylation sites (tertiary alicyclic amines) is 1. The molecule has 2 rings (SSSR count). The molecular weight excluding hydrogens is 212 g/mol. The number of carbonyl (C=O) groups is 1. The highest BCUT2D eigenvalue weighted by molar-refractivity contribution is 5.79. The van der Waals surface area contributed by atoms with Gasteiger partial charge in [-0.1, -0.05) is 26.7 Å². The molecule has 1 aliphatic heterocycles. The van der Waals surface area contributed by atoms with Gasteiger partial charge < -0.3 is 10.6 Å². The lowest BCUT2D eigenvalue weighted by molar-refractivity contribution is -0.142. The van der Waals surface area contributed by atoms with Crippen LogP contribution < -0.4 is 5.73 Å². The first kappa shape index (κ1) is 12.9. The standard InChI is InChI=1S/C14H26N2O/c1-10-7-8-16(14(17)11(2)9-15)13-6-4-3-5-12(10)13/h10-13H,3-9,15H2,1-2H3. The van der Waals surface area contributed by atoms with E-state index in [-0.39, 0.29) is 11.8 Å². The third kappa shape index (κ3) is 2.49. The Morgan fingerprint density at radius 1 is 1.35 bits per heavy atom. The van der Waals surface area contributed by atoms with Gasteiger partial charge in [0.1, 0.15) is 0 Å². The molecular formula is C14H26N2O. The van der Waals surface area contributed by atoms with Crippen LogP contribution in [0.5, 0.6) is 0 Å². The molecule has 2 fully saturated rings. The second-order valence-corrected chi connectivity index (χ2v) is 5.95. The van der Waals surface area contributed by atoms with Gasteiger partial charge in [0.05, 0.1) is 0 Å². The van der Waals surface area contributed by atoms with Crippen LogP contribution in [0.4, 0.5) is 0 Å². The lowest BCUT2D eigenvalue weighted by Gasteiger charge is -2.48. The highest BCUT2D eigenvalue weighted by Crippen LogP contribution is 2.39. The smallest absolute Gasteiger partial charge is 0.226 e. The third-order valence-corrected chi connectivity index (χ3v) is 4.80. The second-order valence-electron chi connectivity index (χ2n) is 5.95. The van der Waals surface area contributed by atoms with Gasteiger partial charge in [0.15, 0.2) is 0 Å². The molecule has 3 nitrogen and oxygen atoms in total. The highest BCUT2D eigenvalue weighted by Gasteiger charge is 2.39. The van der Waals surface area contributed by atoms with Crippen molar-refractivity contribution in [3.8, 4) is 0 Å². The molecule has 3 heteroatoms. The molecule has 2 aliphatic rings. The average molecular weight is 238 g/mol. The molecule has 2 N–H and O–H groups in total. The molecule has 1 heterocycles. The van der Waals surface area contributed by atoms with Crippen molar-refractivity contribution in [2.75, 3.05) is 13.1 Å². The Hall–Kier alpha value is -0.570. The molecule has 98 valence electrons. The summed E-state index contributed by atoms with van der Waals surface area (Å²) in [6.45, 7) is 5.74. The van der Waals surface area contributed by atoms with Gasteiger partial charge in [0.2, 0.25) is 5.91 Å². The molecule has 0 spiro atoms. The van der Waals surface area contributed by atoms with E-state index in [1.54, 1.807) is 0 Å². The van der Waals surface area contributed by atoms with E-state index in [0.717, 1.165) is 18.4 Å². The largest absolute Gasteiger partial charge is 0.339 e. The Bertz CT molecular complexity index is 279. The van der Waals surface area contributed by atoms with E-state index in [0.29, 0.717) is 12.6 Å². The number of hydrogen-bond acceptors (Lipinski definition) is 2. The van der Waals surface area contributed by atoms with Gasteiger partial charge in [-0.05, 0) is 31.1 Å². The van der Waals surface area contributed by atoms with Crippen molar-refractivity contribution in [3.63, 3.8) is 0 Å². The second kappa shape index (κ2) is 5.38. The number of hydrogen-bond donors (Lipinski definition) is 1. The normalized spacial score (nSPS) is 35.2. The molecule has 0 bridgehead atoms. The summed E-state index contributed by atoms with van der Waals surface area (Å²) in [6.07, 6.45) is 6.32. The molecule has 0 aromatic rings. The van der Waals surface area contributed by atoms with Crippen LogP contribution in [0.1, 0.15) is 46.0 Å². The molecule has 4 unspecified atom stereocenters. The molecule has 0 radical (unpaired) electrons. The zero-order valence-electron chi connectivity index (χ0n) is 11.2. The average Bonchev–Trinajstić information content (AvgIpc) is 2.38. The van der Waals surface area contributed by atoms with Crippen LogP contribution in [-0.2, 0) is 4.79 Å². The van der Waals surface area contributed by atoms with Gasteiger partial charge in [-0.25, -0.2) is 0 Å². The predicted molar refractivity (Wildman–Crippen MR) is 69.5 cm³/mol. The number of nitrogens with two attached hydrogens (primary N) is 1. The molecule has 1 saturated carbocycles. The quantitative estimate of drug-likeness (QED) is 0.800. The minimum Gasteiger partial charge on any atom is -0.339 e. The molecule has 0 aromatic heterocycles. The first-order valence-electron chi connectivity index (χ1n) is 7.15. The molecule has 1 amide bonds. The molecule has 1 saturated heterocycles. The van der Waals surface area contributed by atoms with E-state index in [1.165, 1.54) is 32.1 Å². The summed E-state index contributed by atoms with van der Waals surface area (Å²) in [5.41, 5.74) is 5.63. The fraction of sp³-hybridized carbons (Fsp3) is 0.929. The summed E-state index contributed by atoms with van der Waals surface area (Å²) in [7, 11) is 0. The van der Waals surface area contributed by atoms with Crippen molar-refractivity contribution in [1.29, 1.82) is 0 Å². The van der Waals surface area contributed by atoms with Gasteiger partial charge in [-0.2, -0.15) is 0 Å². The number of amides is 1. The van der Waals surface area contributed by atoms with E-state index in [4.69, 9.17) is 5.73 Å². The lowest BCUT2D eigenvalue weighted by atomic mass is 9.72. The molecule has 17 heavy (non-hydrogen) atoms. The molecule has 1 aliphatic carbocycles. The Labute approximate surface area is 105 Å². The van der Waals surface area contributed by atoms with Crippen molar-refractivity contribution < 1.29 is 4.79 Å².